The Balaban J connectivity index is 1.68. The van der Waals surface area contributed by atoms with E-state index in [2.05, 4.69) is 5.32 Å². The van der Waals surface area contributed by atoms with Crippen LogP contribution in [0.25, 0.3) is 0 Å². The zero-order valence-electron chi connectivity index (χ0n) is 10.5. The molecule has 3 N–H and O–H groups in total. The Kier molecular flexibility index (Phi) is 4.59. The van der Waals surface area contributed by atoms with Gasteiger partial charge >= 0.3 is 0 Å². The lowest BCUT2D eigenvalue weighted by atomic mass is 10.1. The number of carbonyl (C=O) groups is 1. The summed E-state index contributed by atoms with van der Waals surface area (Å²) in [6.07, 6.45) is 3.84. The number of hydrogen-bond donors (Lipinski definition) is 2. The van der Waals surface area contributed by atoms with E-state index in [-0.39, 0.29) is 12.0 Å². The van der Waals surface area contributed by atoms with Crippen LogP contribution in [0.15, 0.2) is 24.3 Å². The molecule has 4 heteroatoms. The van der Waals surface area contributed by atoms with Crippen molar-refractivity contribution in [3.05, 3.63) is 29.8 Å². The van der Waals surface area contributed by atoms with Crippen LogP contribution in [-0.4, -0.2) is 18.6 Å². The average Bonchev–Trinajstić information content (AvgIpc) is 2.87. The molecule has 0 spiro atoms. The van der Waals surface area contributed by atoms with E-state index in [1.807, 2.05) is 24.3 Å². The molecule has 1 fully saturated rings. The van der Waals surface area contributed by atoms with Gasteiger partial charge in [0.05, 0.1) is 6.10 Å². The molecule has 1 amide bonds. The maximum Gasteiger partial charge on any atom is 0.220 e. The van der Waals surface area contributed by atoms with Crippen molar-refractivity contribution in [2.24, 2.45) is 0 Å². The number of benzene rings is 1. The van der Waals surface area contributed by atoms with E-state index >= 15 is 0 Å². The first-order valence-electron chi connectivity index (χ1n) is 6.47. The van der Waals surface area contributed by atoms with Gasteiger partial charge in [0, 0.05) is 25.3 Å². The summed E-state index contributed by atoms with van der Waals surface area (Å²) in [6.45, 7) is 1.38. The second-order valence-corrected chi connectivity index (χ2v) is 4.70. The third kappa shape index (κ3) is 4.04. The van der Waals surface area contributed by atoms with Crippen LogP contribution in [0.1, 0.15) is 31.2 Å². The molecule has 1 aliphatic heterocycles. The SMILES string of the molecule is Nc1cccc(CNC(=O)CCC2CCCO2)c1. The van der Waals surface area contributed by atoms with Crippen molar-refractivity contribution in [1.29, 1.82) is 0 Å². The topological polar surface area (TPSA) is 64.3 Å². The highest BCUT2D eigenvalue weighted by Gasteiger charge is 2.16. The maximum atomic E-state index is 11.7. The second-order valence-electron chi connectivity index (χ2n) is 4.70. The van der Waals surface area contributed by atoms with Crippen molar-refractivity contribution in [1.82, 2.24) is 5.32 Å². The predicted octanol–water partition coefficient (Wildman–Crippen LogP) is 1.84. The van der Waals surface area contributed by atoms with Crippen LogP contribution in [0.5, 0.6) is 0 Å². The molecule has 1 atom stereocenters. The Morgan fingerprint density at radius 2 is 2.39 bits per heavy atom. The van der Waals surface area contributed by atoms with Crippen LogP contribution in [0.2, 0.25) is 0 Å². The summed E-state index contributed by atoms with van der Waals surface area (Å²) in [5.41, 5.74) is 7.43. The standard InChI is InChI=1S/C14H20N2O2/c15-12-4-1-3-11(9-12)10-16-14(17)7-6-13-5-2-8-18-13/h1,3-4,9,13H,2,5-8,10,15H2,(H,16,17). The molecular weight excluding hydrogens is 228 g/mol. The fourth-order valence-electron chi connectivity index (χ4n) is 2.16. The van der Waals surface area contributed by atoms with Gasteiger partial charge in [0.25, 0.3) is 0 Å². The third-order valence-electron chi connectivity index (χ3n) is 3.16. The van der Waals surface area contributed by atoms with Crippen LogP contribution in [-0.2, 0) is 16.1 Å². The first kappa shape index (κ1) is 12.9. The van der Waals surface area contributed by atoms with E-state index in [1.165, 1.54) is 0 Å². The number of carbonyl (C=O) groups excluding carboxylic acids is 1. The van der Waals surface area contributed by atoms with Crippen molar-refractivity contribution in [2.45, 2.75) is 38.3 Å². The molecule has 18 heavy (non-hydrogen) atoms. The minimum Gasteiger partial charge on any atom is -0.399 e. The van der Waals surface area contributed by atoms with Crippen molar-refractivity contribution in [2.75, 3.05) is 12.3 Å². The zero-order chi connectivity index (χ0) is 12.8. The van der Waals surface area contributed by atoms with Crippen molar-refractivity contribution in [3.8, 4) is 0 Å². The fraction of sp³-hybridized carbons (Fsp3) is 0.500. The number of ether oxygens (including phenoxy) is 1. The quantitative estimate of drug-likeness (QED) is 0.781. The van der Waals surface area contributed by atoms with Crippen molar-refractivity contribution < 1.29 is 9.53 Å². The summed E-state index contributed by atoms with van der Waals surface area (Å²) in [7, 11) is 0. The molecule has 0 saturated carbocycles. The van der Waals surface area contributed by atoms with Gasteiger partial charge < -0.3 is 15.8 Å². The van der Waals surface area contributed by atoms with Crippen LogP contribution < -0.4 is 11.1 Å². The van der Waals surface area contributed by atoms with Crippen LogP contribution in [0.4, 0.5) is 5.69 Å². The number of anilines is 1. The molecule has 4 nitrogen and oxygen atoms in total. The fourth-order valence-corrected chi connectivity index (χ4v) is 2.16. The summed E-state index contributed by atoms with van der Waals surface area (Å²) in [5.74, 6) is 0.0768. The van der Waals surface area contributed by atoms with Crippen LogP contribution >= 0.6 is 0 Å². The van der Waals surface area contributed by atoms with E-state index in [4.69, 9.17) is 10.5 Å². The highest BCUT2D eigenvalue weighted by atomic mass is 16.5. The molecular formula is C14H20N2O2. The Morgan fingerprint density at radius 3 is 3.11 bits per heavy atom. The average molecular weight is 248 g/mol. The molecule has 1 aliphatic rings. The third-order valence-corrected chi connectivity index (χ3v) is 3.16. The minimum atomic E-state index is 0.0768. The molecule has 0 aromatic heterocycles. The van der Waals surface area contributed by atoms with Gasteiger partial charge in [-0.15, -0.1) is 0 Å². The lowest BCUT2D eigenvalue weighted by Gasteiger charge is -2.09. The molecule has 0 bridgehead atoms. The zero-order valence-corrected chi connectivity index (χ0v) is 10.5. The molecule has 98 valence electrons. The lowest BCUT2D eigenvalue weighted by Crippen LogP contribution is -2.23. The Labute approximate surface area is 108 Å². The summed E-state index contributed by atoms with van der Waals surface area (Å²) in [4.78, 5) is 11.7. The predicted molar refractivity (Wildman–Crippen MR) is 70.9 cm³/mol. The summed E-state index contributed by atoms with van der Waals surface area (Å²) >= 11 is 0. The number of amides is 1. The monoisotopic (exact) mass is 248 g/mol. The lowest BCUT2D eigenvalue weighted by molar-refractivity contribution is -0.121. The van der Waals surface area contributed by atoms with E-state index in [0.29, 0.717) is 13.0 Å². The molecule has 1 heterocycles. The van der Waals surface area contributed by atoms with E-state index in [0.717, 1.165) is 37.1 Å². The molecule has 0 aliphatic carbocycles. The molecule has 2 rings (SSSR count). The Hall–Kier alpha value is -1.55. The molecule has 0 radical (unpaired) electrons. The molecule has 1 unspecified atom stereocenters. The molecule has 1 aromatic rings. The normalized spacial score (nSPS) is 18.8. The van der Waals surface area contributed by atoms with Crippen molar-refractivity contribution >= 4 is 11.6 Å². The van der Waals surface area contributed by atoms with Gasteiger partial charge in [-0.3, -0.25) is 4.79 Å². The van der Waals surface area contributed by atoms with Crippen LogP contribution in [0, 0.1) is 0 Å². The number of nitrogens with one attached hydrogen (secondary N) is 1. The first-order chi connectivity index (χ1) is 8.74. The van der Waals surface area contributed by atoms with E-state index in [9.17, 15) is 4.79 Å². The first-order valence-corrected chi connectivity index (χ1v) is 6.47. The highest BCUT2D eigenvalue weighted by molar-refractivity contribution is 5.75. The molecule has 1 saturated heterocycles. The minimum absolute atomic E-state index is 0.0768. The number of nitrogen functional groups attached to an aromatic ring is 1. The van der Waals surface area contributed by atoms with Crippen molar-refractivity contribution in [3.63, 3.8) is 0 Å². The Morgan fingerprint density at radius 1 is 1.50 bits per heavy atom. The van der Waals surface area contributed by atoms with Gasteiger partial charge in [0.2, 0.25) is 5.91 Å². The number of rotatable bonds is 5. The maximum absolute atomic E-state index is 11.7. The van der Waals surface area contributed by atoms with Gasteiger partial charge in [-0.2, -0.15) is 0 Å². The van der Waals surface area contributed by atoms with Gasteiger partial charge in [-0.1, -0.05) is 12.1 Å². The van der Waals surface area contributed by atoms with E-state index < -0.39 is 0 Å². The molecule has 1 aromatic carbocycles. The van der Waals surface area contributed by atoms with Gasteiger partial charge in [-0.25, -0.2) is 0 Å². The van der Waals surface area contributed by atoms with Gasteiger partial charge in [0.1, 0.15) is 0 Å². The van der Waals surface area contributed by atoms with E-state index in [1.54, 1.807) is 0 Å². The summed E-state index contributed by atoms with van der Waals surface area (Å²) in [5, 5.41) is 2.90. The number of nitrogens with two attached hydrogens (primary N) is 1. The Bertz CT molecular complexity index is 401. The summed E-state index contributed by atoms with van der Waals surface area (Å²) in [6, 6.07) is 7.56. The van der Waals surface area contributed by atoms with Gasteiger partial charge in [0.15, 0.2) is 0 Å². The largest absolute Gasteiger partial charge is 0.399 e. The highest BCUT2D eigenvalue weighted by Crippen LogP contribution is 2.16. The smallest absolute Gasteiger partial charge is 0.220 e. The second kappa shape index (κ2) is 6.40. The summed E-state index contributed by atoms with van der Waals surface area (Å²) < 4.78 is 5.49. The van der Waals surface area contributed by atoms with Gasteiger partial charge in [-0.05, 0) is 37.0 Å². The van der Waals surface area contributed by atoms with Crippen LogP contribution in [0.3, 0.4) is 0 Å². The number of hydrogen-bond acceptors (Lipinski definition) is 3.